The summed E-state index contributed by atoms with van der Waals surface area (Å²) in [5.41, 5.74) is 3.15. The highest BCUT2D eigenvalue weighted by atomic mass is 32.2. The largest absolute Gasteiger partial charge is 0.493 e. The third kappa shape index (κ3) is 4.60. The van der Waals surface area contributed by atoms with E-state index in [9.17, 15) is 9.59 Å². The number of imide groups is 1. The summed E-state index contributed by atoms with van der Waals surface area (Å²) in [6.45, 7) is 2.98. The second-order valence-electron chi connectivity index (χ2n) is 5.79. The van der Waals surface area contributed by atoms with Crippen LogP contribution in [0.15, 0.2) is 42.6 Å². The number of carbonyl (C=O) groups excluding carboxylic acids is 2. The van der Waals surface area contributed by atoms with E-state index < -0.39 is 0 Å². The summed E-state index contributed by atoms with van der Waals surface area (Å²) >= 11 is 1.05. The molecule has 0 N–H and O–H groups in total. The number of thioether (sulfide) groups is 1. The Kier molecular flexibility index (Phi) is 5.71. The number of aryl methyl sites for hydroxylation is 1. The number of benzene rings is 1. The van der Waals surface area contributed by atoms with Crippen molar-refractivity contribution in [2.45, 2.75) is 26.3 Å². The van der Waals surface area contributed by atoms with Gasteiger partial charge in [-0.1, -0.05) is 36.9 Å². The van der Waals surface area contributed by atoms with Crippen molar-refractivity contribution >= 4 is 22.9 Å². The Morgan fingerprint density at radius 3 is 2.48 bits per heavy atom. The van der Waals surface area contributed by atoms with Crippen LogP contribution in [0.4, 0.5) is 4.79 Å². The zero-order valence-electron chi connectivity index (χ0n) is 14.1. The first kappa shape index (κ1) is 17.5. The van der Waals surface area contributed by atoms with Gasteiger partial charge >= 0.3 is 0 Å². The van der Waals surface area contributed by atoms with Gasteiger partial charge in [-0.15, -0.1) is 0 Å². The number of hydrogen-bond donors (Lipinski definition) is 0. The van der Waals surface area contributed by atoms with E-state index in [-0.39, 0.29) is 16.9 Å². The molecule has 25 heavy (non-hydrogen) atoms. The fraction of sp³-hybridized carbons (Fsp3) is 0.316. The first-order chi connectivity index (χ1) is 12.2. The van der Waals surface area contributed by atoms with Crippen LogP contribution in [0.25, 0.3) is 0 Å². The van der Waals surface area contributed by atoms with Gasteiger partial charge < -0.3 is 4.74 Å². The third-order valence-electron chi connectivity index (χ3n) is 4.03. The van der Waals surface area contributed by atoms with Crippen LogP contribution in [0.5, 0.6) is 5.75 Å². The van der Waals surface area contributed by atoms with Crippen LogP contribution < -0.4 is 4.74 Å². The van der Waals surface area contributed by atoms with Crippen LogP contribution >= 0.6 is 11.8 Å². The highest BCUT2D eigenvalue weighted by molar-refractivity contribution is 8.14. The fourth-order valence-corrected chi connectivity index (χ4v) is 3.22. The van der Waals surface area contributed by atoms with Gasteiger partial charge in [-0.25, -0.2) is 0 Å². The molecule has 5 nitrogen and oxygen atoms in total. The number of ether oxygens (including phenoxy) is 1. The molecule has 1 aromatic heterocycles. The molecule has 0 radical (unpaired) electrons. The molecule has 1 aliphatic rings. The molecular weight excluding hydrogens is 336 g/mol. The van der Waals surface area contributed by atoms with Crippen molar-refractivity contribution < 1.29 is 14.3 Å². The highest BCUT2D eigenvalue weighted by Gasteiger charge is 2.29. The molecule has 0 bridgehead atoms. The fourth-order valence-electron chi connectivity index (χ4n) is 2.49. The Balaban J connectivity index is 1.48. The molecule has 0 saturated carbocycles. The summed E-state index contributed by atoms with van der Waals surface area (Å²) in [6, 6.07) is 11.6. The second kappa shape index (κ2) is 8.16. The molecule has 6 heteroatoms. The molecule has 3 rings (SSSR count). The second-order valence-corrected chi connectivity index (χ2v) is 6.71. The van der Waals surface area contributed by atoms with Gasteiger partial charge in [-0.05, 0) is 35.7 Å². The van der Waals surface area contributed by atoms with Crippen molar-refractivity contribution in [1.82, 2.24) is 9.88 Å². The lowest BCUT2D eigenvalue weighted by Crippen LogP contribution is -2.27. The molecule has 0 unspecified atom stereocenters. The normalized spacial score (nSPS) is 14.2. The SMILES string of the molecule is CCc1ccc(CCOc2ccc(CN3C(=O)CSC3=O)cc2)nc1. The minimum Gasteiger partial charge on any atom is -0.493 e. The van der Waals surface area contributed by atoms with E-state index in [0.29, 0.717) is 13.2 Å². The van der Waals surface area contributed by atoms with E-state index in [4.69, 9.17) is 4.74 Å². The van der Waals surface area contributed by atoms with Gasteiger partial charge in [0.05, 0.1) is 18.9 Å². The van der Waals surface area contributed by atoms with Crippen LogP contribution in [-0.4, -0.2) is 33.4 Å². The molecule has 2 aromatic rings. The van der Waals surface area contributed by atoms with Gasteiger partial charge in [-0.3, -0.25) is 19.5 Å². The first-order valence-electron chi connectivity index (χ1n) is 8.28. The van der Waals surface area contributed by atoms with Gasteiger partial charge in [0.1, 0.15) is 5.75 Å². The zero-order chi connectivity index (χ0) is 17.6. The topological polar surface area (TPSA) is 59.5 Å². The van der Waals surface area contributed by atoms with Crippen LogP contribution in [0, 0.1) is 0 Å². The Hall–Kier alpha value is -2.34. The molecule has 0 aliphatic carbocycles. The molecule has 130 valence electrons. The summed E-state index contributed by atoms with van der Waals surface area (Å²) in [4.78, 5) is 28.9. The lowest BCUT2D eigenvalue weighted by Gasteiger charge is -2.13. The quantitative estimate of drug-likeness (QED) is 0.760. The minimum absolute atomic E-state index is 0.128. The van der Waals surface area contributed by atoms with E-state index in [1.54, 1.807) is 0 Å². The maximum absolute atomic E-state index is 11.6. The van der Waals surface area contributed by atoms with E-state index in [1.807, 2.05) is 36.5 Å². The van der Waals surface area contributed by atoms with Gasteiger partial charge in [0.25, 0.3) is 5.24 Å². The summed E-state index contributed by atoms with van der Waals surface area (Å²) in [7, 11) is 0. The molecule has 2 heterocycles. The predicted molar refractivity (Wildman–Crippen MR) is 97.7 cm³/mol. The third-order valence-corrected chi connectivity index (χ3v) is 4.88. The number of amides is 2. The monoisotopic (exact) mass is 356 g/mol. The number of carbonyl (C=O) groups is 2. The Morgan fingerprint density at radius 2 is 1.88 bits per heavy atom. The van der Waals surface area contributed by atoms with Crippen molar-refractivity contribution in [3.8, 4) is 5.75 Å². The van der Waals surface area contributed by atoms with Crippen LogP contribution in [0.2, 0.25) is 0 Å². The number of aromatic nitrogens is 1. The van der Waals surface area contributed by atoms with Crippen LogP contribution in [-0.2, 0) is 24.2 Å². The molecule has 1 aromatic carbocycles. The molecule has 1 aliphatic heterocycles. The molecule has 1 saturated heterocycles. The van der Waals surface area contributed by atoms with E-state index in [1.165, 1.54) is 10.5 Å². The molecule has 0 spiro atoms. The van der Waals surface area contributed by atoms with Crippen LogP contribution in [0.1, 0.15) is 23.7 Å². The van der Waals surface area contributed by atoms with Crippen LogP contribution in [0.3, 0.4) is 0 Å². The van der Waals surface area contributed by atoms with Crippen molar-refractivity contribution in [2.24, 2.45) is 0 Å². The van der Waals surface area contributed by atoms with E-state index >= 15 is 0 Å². The standard InChI is InChI=1S/C19H20N2O3S/c1-2-14-3-6-16(20-11-14)9-10-24-17-7-4-15(5-8-17)12-21-18(22)13-25-19(21)23/h3-8,11H,2,9-10,12-13H2,1H3. The molecule has 1 fully saturated rings. The molecule has 0 atom stereocenters. The number of hydrogen-bond acceptors (Lipinski definition) is 5. The van der Waals surface area contributed by atoms with E-state index in [2.05, 4.69) is 18.0 Å². The maximum atomic E-state index is 11.6. The number of rotatable bonds is 7. The van der Waals surface area contributed by atoms with Crippen molar-refractivity contribution in [2.75, 3.05) is 12.4 Å². The predicted octanol–water partition coefficient (Wildman–Crippen LogP) is 3.46. The average Bonchev–Trinajstić information content (AvgIpc) is 2.96. The highest BCUT2D eigenvalue weighted by Crippen LogP contribution is 2.22. The number of nitrogens with zero attached hydrogens (tertiary/aromatic N) is 2. The summed E-state index contributed by atoms with van der Waals surface area (Å²) < 4.78 is 5.74. The first-order valence-corrected chi connectivity index (χ1v) is 9.27. The van der Waals surface area contributed by atoms with Gasteiger partial charge in [0.2, 0.25) is 5.91 Å². The molecule has 2 amide bonds. The number of pyridine rings is 1. The molecular formula is C19H20N2O3S. The summed E-state index contributed by atoms with van der Waals surface area (Å²) in [5, 5.41) is -0.174. The lowest BCUT2D eigenvalue weighted by atomic mass is 10.2. The van der Waals surface area contributed by atoms with E-state index in [0.717, 1.165) is 41.6 Å². The average molecular weight is 356 g/mol. The minimum atomic E-state index is -0.174. The summed E-state index contributed by atoms with van der Waals surface area (Å²) in [5.74, 6) is 0.882. The van der Waals surface area contributed by atoms with Gasteiger partial charge in [-0.2, -0.15) is 0 Å². The van der Waals surface area contributed by atoms with Gasteiger partial charge in [0, 0.05) is 18.3 Å². The lowest BCUT2D eigenvalue weighted by molar-refractivity contribution is -0.125. The van der Waals surface area contributed by atoms with Crippen molar-refractivity contribution in [1.29, 1.82) is 0 Å². The Morgan fingerprint density at radius 1 is 1.12 bits per heavy atom. The van der Waals surface area contributed by atoms with Crippen molar-refractivity contribution in [3.63, 3.8) is 0 Å². The Labute approximate surface area is 151 Å². The van der Waals surface area contributed by atoms with Gasteiger partial charge in [0.15, 0.2) is 0 Å². The Bertz CT molecular complexity index is 728. The smallest absolute Gasteiger partial charge is 0.289 e. The zero-order valence-corrected chi connectivity index (χ0v) is 14.9. The van der Waals surface area contributed by atoms with Crippen molar-refractivity contribution in [3.05, 3.63) is 59.4 Å². The maximum Gasteiger partial charge on any atom is 0.289 e. The summed E-state index contributed by atoms with van der Waals surface area (Å²) in [6.07, 6.45) is 3.65.